The Morgan fingerprint density at radius 1 is 0.882 bits per heavy atom. The van der Waals surface area contributed by atoms with Crippen molar-refractivity contribution in [1.29, 1.82) is 0 Å². The molecule has 0 bridgehead atoms. The van der Waals surface area contributed by atoms with Crippen molar-refractivity contribution in [2.24, 2.45) is 4.99 Å². The highest BCUT2D eigenvalue weighted by Crippen LogP contribution is 2.07. The van der Waals surface area contributed by atoms with E-state index in [1.165, 1.54) is 6.08 Å². The van der Waals surface area contributed by atoms with Crippen LogP contribution in [0, 0.1) is 0 Å². The summed E-state index contributed by atoms with van der Waals surface area (Å²) < 4.78 is 0. The van der Waals surface area contributed by atoms with Gasteiger partial charge in [-0.3, -0.25) is 0 Å². The van der Waals surface area contributed by atoms with Crippen LogP contribution in [0.15, 0.2) is 59.6 Å². The average molecular weight is 227 g/mol. The average Bonchev–Trinajstić information content (AvgIpc) is 2.31. The molecular formula is C13H13N3O. The summed E-state index contributed by atoms with van der Waals surface area (Å²) in [5.41, 5.74) is 12.8. The Bertz CT molecular complexity index is 488. The number of nitrogens with two attached hydrogens (primary N) is 2. The number of nitrogens with zero attached hydrogens (tertiary/aromatic N) is 1. The standard InChI is InChI=1S/C7H5NO.C6H8N2/c9-6-8-7-4-2-1-3-5-7;7-5-2-1-3-6(8)4-5/h1-5H;1-4H,7-8H2. The molecule has 0 spiro atoms. The van der Waals surface area contributed by atoms with E-state index in [4.69, 9.17) is 11.5 Å². The lowest BCUT2D eigenvalue weighted by molar-refractivity contribution is 0.565. The van der Waals surface area contributed by atoms with Crippen molar-refractivity contribution in [2.45, 2.75) is 0 Å². The van der Waals surface area contributed by atoms with Crippen molar-refractivity contribution in [3.63, 3.8) is 0 Å². The van der Waals surface area contributed by atoms with Crippen LogP contribution in [-0.2, 0) is 4.79 Å². The third-order valence-corrected chi connectivity index (χ3v) is 1.84. The Labute approximate surface area is 99.6 Å². The number of isocyanates is 1. The molecule has 2 aromatic rings. The fraction of sp³-hybridized carbons (Fsp3) is 0. The highest BCUT2D eigenvalue weighted by molar-refractivity contribution is 5.50. The van der Waals surface area contributed by atoms with Crippen molar-refractivity contribution < 1.29 is 4.79 Å². The van der Waals surface area contributed by atoms with E-state index in [1.54, 1.807) is 30.3 Å². The summed E-state index contributed by atoms with van der Waals surface area (Å²) >= 11 is 0. The first-order valence-electron chi connectivity index (χ1n) is 4.96. The van der Waals surface area contributed by atoms with Gasteiger partial charge in [0.2, 0.25) is 6.08 Å². The molecule has 2 aromatic carbocycles. The molecular weight excluding hydrogens is 214 g/mol. The fourth-order valence-corrected chi connectivity index (χ4v) is 1.11. The Balaban J connectivity index is 0.000000171. The van der Waals surface area contributed by atoms with Crippen molar-refractivity contribution in [3.05, 3.63) is 54.6 Å². The molecule has 2 rings (SSSR count). The minimum absolute atomic E-state index is 0.646. The minimum Gasteiger partial charge on any atom is -0.399 e. The Hall–Kier alpha value is -2.58. The quantitative estimate of drug-likeness (QED) is 0.446. The van der Waals surface area contributed by atoms with Gasteiger partial charge in [0.1, 0.15) is 0 Å². The predicted octanol–water partition coefficient (Wildman–Crippen LogP) is 2.50. The van der Waals surface area contributed by atoms with Crippen LogP contribution in [0.3, 0.4) is 0 Å². The molecule has 0 aliphatic rings. The maximum Gasteiger partial charge on any atom is 0.240 e. The molecule has 4 N–H and O–H groups in total. The van der Waals surface area contributed by atoms with Crippen molar-refractivity contribution in [2.75, 3.05) is 11.5 Å². The predicted molar refractivity (Wildman–Crippen MR) is 69.5 cm³/mol. The largest absolute Gasteiger partial charge is 0.399 e. The molecule has 86 valence electrons. The van der Waals surface area contributed by atoms with E-state index < -0.39 is 0 Å². The number of aliphatic imine (C=N–C) groups is 1. The van der Waals surface area contributed by atoms with E-state index in [2.05, 4.69) is 4.99 Å². The van der Waals surface area contributed by atoms with E-state index >= 15 is 0 Å². The zero-order chi connectivity index (χ0) is 12.5. The molecule has 0 atom stereocenters. The summed E-state index contributed by atoms with van der Waals surface area (Å²) in [5, 5.41) is 0. The van der Waals surface area contributed by atoms with Crippen molar-refractivity contribution in [1.82, 2.24) is 0 Å². The molecule has 0 heterocycles. The fourth-order valence-electron chi connectivity index (χ4n) is 1.11. The van der Waals surface area contributed by atoms with Gasteiger partial charge < -0.3 is 11.5 Å². The highest BCUT2D eigenvalue weighted by Gasteiger charge is 1.81. The number of anilines is 2. The summed E-state index contributed by atoms with van der Waals surface area (Å²) in [6, 6.07) is 16.1. The zero-order valence-corrected chi connectivity index (χ0v) is 9.21. The summed E-state index contributed by atoms with van der Waals surface area (Å²) in [6.45, 7) is 0. The maximum atomic E-state index is 9.68. The van der Waals surface area contributed by atoms with Gasteiger partial charge in [0, 0.05) is 11.4 Å². The number of hydrogen-bond acceptors (Lipinski definition) is 4. The van der Waals surface area contributed by atoms with Gasteiger partial charge in [-0.2, -0.15) is 4.99 Å². The maximum absolute atomic E-state index is 9.68. The lowest BCUT2D eigenvalue weighted by Gasteiger charge is -1.91. The third kappa shape index (κ3) is 5.16. The van der Waals surface area contributed by atoms with E-state index in [1.807, 2.05) is 24.3 Å². The highest BCUT2D eigenvalue weighted by atomic mass is 16.1. The molecule has 0 aliphatic heterocycles. The number of carbonyl (C=O) groups excluding carboxylic acids is 1. The minimum atomic E-state index is 0.646. The van der Waals surface area contributed by atoms with E-state index in [0.717, 1.165) is 0 Å². The second-order valence-electron chi connectivity index (χ2n) is 3.21. The zero-order valence-electron chi connectivity index (χ0n) is 9.21. The molecule has 0 amide bonds. The third-order valence-electron chi connectivity index (χ3n) is 1.84. The van der Waals surface area contributed by atoms with Gasteiger partial charge in [-0.15, -0.1) is 0 Å². The van der Waals surface area contributed by atoms with Crippen LogP contribution in [0.25, 0.3) is 0 Å². The van der Waals surface area contributed by atoms with E-state index in [-0.39, 0.29) is 0 Å². The molecule has 0 aliphatic carbocycles. The molecule has 4 heteroatoms. The Morgan fingerprint density at radius 2 is 1.47 bits per heavy atom. The normalized spacial score (nSPS) is 8.47. The lowest BCUT2D eigenvalue weighted by atomic mass is 10.3. The molecule has 17 heavy (non-hydrogen) atoms. The van der Waals surface area contributed by atoms with Crippen molar-refractivity contribution in [3.8, 4) is 0 Å². The first-order chi connectivity index (χ1) is 8.22. The van der Waals surface area contributed by atoms with E-state index in [0.29, 0.717) is 17.1 Å². The number of rotatable bonds is 1. The molecule has 0 unspecified atom stereocenters. The van der Waals surface area contributed by atoms with Gasteiger partial charge in [0.15, 0.2) is 0 Å². The Kier molecular flexibility index (Phi) is 5.01. The van der Waals surface area contributed by atoms with Gasteiger partial charge in [0.05, 0.1) is 5.69 Å². The number of benzene rings is 2. The van der Waals surface area contributed by atoms with Crippen LogP contribution in [0.2, 0.25) is 0 Å². The first kappa shape index (κ1) is 12.5. The number of para-hydroxylation sites is 1. The first-order valence-corrected chi connectivity index (χ1v) is 4.96. The summed E-state index contributed by atoms with van der Waals surface area (Å²) in [7, 11) is 0. The SMILES string of the molecule is Nc1cccc(N)c1.O=C=Nc1ccccc1. The monoisotopic (exact) mass is 227 g/mol. The lowest BCUT2D eigenvalue weighted by Crippen LogP contribution is -1.87. The second kappa shape index (κ2) is 6.82. The topological polar surface area (TPSA) is 81.5 Å². The molecule has 0 radical (unpaired) electrons. The van der Waals surface area contributed by atoms with Gasteiger partial charge in [-0.05, 0) is 30.3 Å². The summed E-state index contributed by atoms with van der Waals surface area (Å²) in [6.07, 6.45) is 1.46. The van der Waals surface area contributed by atoms with Crippen LogP contribution < -0.4 is 11.5 Å². The van der Waals surface area contributed by atoms with Crippen LogP contribution in [0.5, 0.6) is 0 Å². The summed E-state index contributed by atoms with van der Waals surface area (Å²) in [4.78, 5) is 13.1. The van der Waals surface area contributed by atoms with Crippen molar-refractivity contribution >= 4 is 23.1 Å². The molecule has 0 saturated heterocycles. The summed E-state index contributed by atoms with van der Waals surface area (Å²) in [5.74, 6) is 0. The van der Waals surface area contributed by atoms with Gasteiger partial charge >= 0.3 is 0 Å². The molecule has 0 fully saturated rings. The van der Waals surface area contributed by atoms with E-state index in [9.17, 15) is 4.79 Å². The molecule has 0 saturated carbocycles. The molecule has 0 aromatic heterocycles. The van der Waals surface area contributed by atoms with Crippen LogP contribution in [0.1, 0.15) is 0 Å². The number of hydrogen-bond donors (Lipinski definition) is 2. The van der Waals surface area contributed by atoms with Gasteiger partial charge in [0.25, 0.3) is 0 Å². The molecule has 4 nitrogen and oxygen atoms in total. The second-order valence-corrected chi connectivity index (χ2v) is 3.21. The van der Waals surface area contributed by atoms with Gasteiger partial charge in [-0.25, -0.2) is 4.79 Å². The van der Waals surface area contributed by atoms with Crippen LogP contribution >= 0.6 is 0 Å². The van der Waals surface area contributed by atoms with Gasteiger partial charge in [-0.1, -0.05) is 24.3 Å². The Morgan fingerprint density at radius 3 is 1.88 bits per heavy atom. The smallest absolute Gasteiger partial charge is 0.240 e. The number of nitrogen functional groups attached to an aromatic ring is 2. The van der Waals surface area contributed by atoms with Crippen LogP contribution in [0.4, 0.5) is 17.1 Å². The van der Waals surface area contributed by atoms with Crippen LogP contribution in [-0.4, -0.2) is 6.08 Å².